The second-order valence-corrected chi connectivity index (χ2v) is 5.35. The van der Waals surface area contributed by atoms with Crippen LogP contribution in [0.25, 0.3) is 0 Å². The summed E-state index contributed by atoms with van der Waals surface area (Å²) >= 11 is 0. The summed E-state index contributed by atoms with van der Waals surface area (Å²) in [5, 5.41) is 0. The molecule has 0 amide bonds. The number of hydrogen-bond donors (Lipinski definition) is 0. The van der Waals surface area contributed by atoms with Crippen LogP contribution in [0.1, 0.15) is 77.7 Å². The van der Waals surface area contributed by atoms with Crippen LogP contribution in [-0.4, -0.2) is 32.5 Å². The molecule has 0 radical (unpaired) electrons. The van der Waals surface area contributed by atoms with Gasteiger partial charge in [-0.15, -0.1) is 0 Å². The fourth-order valence-electron chi connectivity index (χ4n) is 1.60. The lowest BCUT2D eigenvalue weighted by atomic mass is 10.1. The first-order valence-electron chi connectivity index (χ1n) is 9.71. The predicted molar refractivity (Wildman–Crippen MR) is 115 cm³/mol. The van der Waals surface area contributed by atoms with Crippen molar-refractivity contribution in [3.05, 3.63) is 29.3 Å². The Hall–Kier alpha value is -1.68. The van der Waals surface area contributed by atoms with E-state index in [2.05, 4.69) is 30.5 Å². The van der Waals surface area contributed by atoms with Gasteiger partial charge in [0.15, 0.2) is 0 Å². The monoisotopic (exact) mass is 367 g/mol. The Morgan fingerprint density at radius 2 is 1.77 bits per heavy atom. The predicted octanol–water partition coefficient (Wildman–Crippen LogP) is 6.63. The fraction of sp³-hybridized carbons (Fsp3) is 0.636. The highest BCUT2D eigenvalue weighted by molar-refractivity contribution is 5.90. The molecule has 0 aliphatic carbocycles. The average Bonchev–Trinajstić information content (AvgIpc) is 2.67. The maximum Gasteiger partial charge on any atom is 0.337 e. The zero-order valence-corrected chi connectivity index (χ0v) is 18.7. The van der Waals surface area contributed by atoms with Crippen LogP contribution >= 0.6 is 0 Å². The Bertz CT molecular complexity index is 468. The van der Waals surface area contributed by atoms with Crippen molar-refractivity contribution in [2.75, 3.05) is 20.3 Å². The van der Waals surface area contributed by atoms with Crippen LogP contribution in [0.4, 0.5) is 5.69 Å². The minimum absolute atomic E-state index is 0.336. The van der Waals surface area contributed by atoms with Crippen molar-refractivity contribution in [3.63, 3.8) is 0 Å². The van der Waals surface area contributed by atoms with E-state index >= 15 is 0 Å². The number of carbonyl (C=O) groups is 1. The van der Waals surface area contributed by atoms with E-state index in [1.54, 1.807) is 18.3 Å². The van der Waals surface area contributed by atoms with E-state index in [0.717, 1.165) is 30.9 Å². The SMILES string of the molecule is CC.CC.CC=Nc1cc(C(=O)OC)ccc1C.CCCOCC(C)C. The molecule has 1 aromatic carbocycles. The van der Waals surface area contributed by atoms with Gasteiger partial charge in [-0.05, 0) is 43.9 Å². The van der Waals surface area contributed by atoms with E-state index < -0.39 is 0 Å². The van der Waals surface area contributed by atoms with Gasteiger partial charge in [-0.25, -0.2) is 4.79 Å². The number of aliphatic imine (C=N–C) groups is 1. The molecule has 4 heteroatoms. The molecule has 0 bridgehead atoms. The van der Waals surface area contributed by atoms with Gasteiger partial charge in [-0.3, -0.25) is 4.99 Å². The normalized spacial score (nSPS) is 9.35. The molecule has 0 aromatic heterocycles. The van der Waals surface area contributed by atoms with Gasteiger partial charge >= 0.3 is 5.97 Å². The van der Waals surface area contributed by atoms with E-state index in [1.165, 1.54) is 7.11 Å². The molecule has 0 spiro atoms. The van der Waals surface area contributed by atoms with Crippen molar-refractivity contribution in [2.45, 2.75) is 68.7 Å². The number of esters is 1. The number of ether oxygens (including phenoxy) is 2. The lowest BCUT2D eigenvalue weighted by Crippen LogP contribution is -2.01. The molecule has 0 unspecified atom stereocenters. The van der Waals surface area contributed by atoms with Gasteiger partial charge < -0.3 is 9.47 Å². The fourth-order valence-corrected chi connectivity index (χ4v) is 1.60. The zero-order chi connectivity index (χ0) is 21.0. The van der Waals surface area contributed by atoms with E-state index in [0.29, 0.717) is 11.5 Å². The summed E-state index contributed by atoms with van der Waals surface area (Å²) in [6, 6.07) is 5.31. The molecule has 1 aromatic rings. The van der Waals surface area contributed by atoms with Gasteiger partial charge in [0.2, 0.25) is 0 Å². The number of aryl methyl sites for hydroxylation is 1. The van der Waals surface area contributed by atoms with Gasteiger partial charge in [-0.1, -0.05) is 54.5 Å². The smallest absolute Gasteiger partial charge is 0.337 e. The molecule has 0 atom stereocenters. The second kappa shape index (κ2) is 21.4. The van der Waals surface area contributed by atoms with Crippen LogP contribution in [0.15, 0.2) is 23.2 Å². The molecular weight excluding hydrogens is 326 g/mol. The number of hydrogen-bond acceptors (Lipinski definition) is 4. The molecule has 1 rings (SSSR count). The lowest BCUT2D eigenvalue weighted by Gasteiger charge is -2.03. The maximum absolute atomic E-state index is 11.2. The first-order valence-corrected chi connectivity index (χ1v) is 9.71. The van der Waals surface area contributed by atoms with Crippen LogP contribution in [0.5, 0.6) is 0 Å². The third kappa shape index (κ3) is 15.8. The quantitative estimate of drug-likeness (QED) is 0.322. The second-order valence-electron chi connectivity index (χ2n) is 5.35. The minimum atomic E-state index is -0.336. The van der Waals surface area contributed by atoms with Gasteiger partial charge in [0.05, 0.1) is 18.4 Å². The third-order valence-electron chi connectivity index (χ3n) is 2.70. The molecule has 26 heavy (non-hydrogen) atoms. The molecule has 0 aliphatic heterocycles. The summed E-state index contributed by atoms with van der Waals surface area (Å²) in [6.07, 6.45) is 2.83. The molecule has 0 saturated carbocycles. The topological polar surface area (TPSA) is 47.9 Å². The number of nitrogens with zero attached hydrogens (tertiary/aromatic N) is 1. The molecular formula is C22H41NO3. The molecule has 0 aliphatic rings. The number of methoxy groups -OCH3 is 1. The Morgan fingerprint density at radius 3 is 2.19 bits per heavy atom. The van der Waals surface area contributed by atoms with Gasteiger partial charge in [0.1, 0.15) is 0 Å². The summed E-state index contributed by atoms with van der Waals surface area (Å²) in [7, 11) is 1.37. The van der Waals surface area contributed by atoms with Crippen LogP contribution in [0.3, 0.4) is 0 Å². The van der Waals surface area contributed by atoms with Crippen molar-refractivity contribution in [3.8, 4) is 0 Å². The van der Waals surface area contributed by atoms with E-state index in [-0.39, 0.29) is 5.97 Å². The number of rotatable bonds is 6. The van der Waals surface area contributed by atoms with Crippen molar-refractivity contribution in [1.29, 1.82) is 0 Å². The number of carbonyl (C=O) groups excluding carboxylic acids is 1. The first-order chi connectivity index (χ1) is 12.5. The lowest BCUT2D eigenvalue weighted by molar-refractivity contribution is 0.0601. The van der Waals surface area contributed by atoms with Crippen LogP contribution < -0.4 is 0 Å². The highest BCUT2D eigenvalue weighted by Crippen LogP contribution is 2.20. The molecule has 0 saturated heterocycles. The summed E-state index contributed by atoms with van der Waals surface area (Å²) in [6.45, 7) is 20.1. The van der Waals surface area contributed by atoms with Crippen LogP contribution in [-0.2, 0) is 9.47 Å². The van der Waals surface area contributed by atoms with Gasteiger partial charge in [0, 0.05) is 19.4 Å². The number of benzene rings is 1. The third-order valence-corrected chi connectivity index (χ3v) is 2.70. The Kier molecular flexibility index (Phi) is 23.9. The first kappa shape index (κ1) is 29.1. The highest BCUT2D eigenvalue weighted by atomic mass is 16.5. The van der Waals surface area contributed by atoms with Gasteiger partial charge in [0.25, 0.3) is 0 Å². The highest BCUT2D eigenvalue weighted by Gasteiger charge is 2.06. The van der Waals surface area contributed by atoms with E-state index in [4.69, 9.17) is 4.74 Å². The van der Waals surface area contributed by atoms with Crippen molar-refractivity contribution < 1.29 is 14.3 Å². The summed E-state index contributed by atoms with van der Waals surface area (Å²) < 4.78 is 9.86. The Morgan fingerprint density at radius 1 is 1.19 bits per heavy atom. The standard InChI is InChI=1S/C11H13NO2.C7H16O.2C2H6/c1-4-12-10-7-9(11(13)14-3)6-5-8(10)2;1-4-5-8-6-7(2)3;2*1-2/h4-7H,1-3H3;7H,4-6H2,1-3H3;2*1-2H3. The Balaban J connectivity index is -0.000000377. The van der Waals surface area contributed by atoms with E-state index in [1.807, 2.05) is 47.6 Å². The zero-order valence-electron chi connectivity index (χ0n) is 18.7. The minimum Gasteiger partial charge on any atom is -0.465 e. The molecule has 0 heterocycles. The van der Waals surface area contributed by atoms with Crippen LogP contribution in [0.2, 0.25) is 0 Å². The van der Waals surface area contributed by atoms with Crippen molar-refractivity contribution >= 4 is 17.9 Å². The molecule has 0 N–H and O–H groups in total. The van der Waals surface area contributed by atoms with E-state index in [9.17, 15) is 4.79 Å². The summed E-state index contributed by atoms with van der Waals surface area (Å²) in [5.74, 6) is 0.346. The summed E-state index contributed by atoms with van der Waals surface area (Å²) in [5.41, 5.74) is 2.37. The van der Waals surface area contributed by atoms with Crippen molar-refractivity contribution in [2.24, 2.45) is 10.9 Å². The van der Waals surface area contributed by atoms with Crippen LogP contribution in [0, 0.1) is 12.8 Å². The average molecular weight is 368 g/mol. The van der Waals surface area contributed by atoms with Crippen molar-refractivity contribution in [1.82, 2.24) is 0 Å². The summed E-state index contributed by atoms with van der Waals surface area (Å²) in [4.78, 5) is 15.4. The maximum atomic E-state index is 11.2. The molecule has 4 nitrogen and oxygen atoms in total. The molecule has 152 valence electrons. The Labute approximate surface area is 162 Å². The largest absolute Gasteiger partial charge is 0.465 e. The molecule has 0 fully saturated rings. The van der Waals surface area contributed by atoms with Gasteiger partial charge in [-0.2, -0.15) is 0 Å².